The third-order valence-corrected chi connectivity index (χ3v) is 3.56. The number of hydrogen-bond acceptors (Lipinski definition) is 3. The zero-order chi connectivity index (χ0) is 18.9. The lowest BCUT2D eigenvalue weighted by atomic mass is 10.1. The molecule has 1 N–H and O–H groups in total. The molecule has 5 heteroatoms. The SMILES string of the molecule is CCCOc1ccc(/C=C/C(=O)Nc2cccc(C(=O)N(C)C)c2)cc1. The molecule has 2 aromatic carbocycles. The summed E-state index contributed by atoms with van der Waals surface area (Å²) in [7, 11) is 3.38. The molecule has 0 bridgehead atoms. The van der Waals surface area contributed by atoms with E-state index in [2.05, 4.69) is 12.2 Å². The van der Waals surface area contributed by atoms with E-state index in [4.69, 9.17) is 4.74 Å². The van der Waals surface area contributed by atoms with Gasteiger partial charge in [-0.25, -0.2) is 0 Å². The van der Waals surface area contributed by atoms with Crippen molar-refractivity contribution in [2.75, 3.05) is 26.0 Å². The molecular formula is C21H24N2O3. The summed E-state index contributed by atoms with van der Waals surface area (Å²) in [6.45, 7) is 2.74. The molecule has 0 saturated heterocycles. The van der Waals surface area contributed by atoms with E-state index in [0.717, 1.165) is 17.7 Å². The van der Waals surface area contributed by atoms with Gasteiger partial charge in [0.1, 0.15) is 5.75 Å². The van der Waals surface area contributed by atoms with Gasteiger partial charge in [-0.05, 0) is 48.4 Å². The van der Waals surface area contributed by atoms with Crippen molar-refractivity contribution in [1.82, 2.24) is 4.90 Å². The molecule has 0 heterocycles. The van der Waals surface area contributed by atoms with E-state index in [0.29, 0.717) is 17.9 Å². The predicted molar refractivity (Wildman–Crippen MR) is 104 cm³/mol. The van der Waals surface area contributed by atoms with Gasteiger partial charge in [0.25, 0.3) is 5.91 Å². The van der Waals surface area contributed by atoms with E-state index in [1.807, 2.05) is 24.3 Å². The maximum atomic E-state index is 12.1. The minimum atomic E-state index is -0.259. The van der Waals surface area contributed by atoms with Gasteiger partial charge in [-0.1, -0.05) is 25.1 Å². The lowest BCUT2D eigenvalue weighted by Crippen LogP contribution is -2.21. The molecule has 136 valence electrons. The molecule has 0 aliphatic heterocycles. The summed E-state index contributed by atoms with van der Waals surface area (Å²) in [5, 5.41) is 2.76. The van der Waals surface area contributed by atoms with Crippen LogP contribution in [0.1, 0.15) is 29.3 Å². The van der Waals surface area contributed by atoms with Crippen molar-refractivity contribution in [3.05, 3.63) is 65.7 Å². The molecule has 2 amide bonds. The molecule has 0 spiro atoms. The Morgan fingerprint density at radius 1 is 1.12 bits per heavy atom. The van der Waals surface area contributed by atoms with Gasteiger partial charge in [0.2, 0.25) is 5.91 Å². The van der Waals surface area contributed by atoms with Crippen LogP contribution >= 0.6 is 0 Å². The van der Waals surface area contributed by atoms with Crippen molar-refractivity contribution in [2.45, 2.75) is 13.3 Å². The highest BCUT2D eigenvalue weighted by atomic mass is 16.5. The number of nitrogens with zero attached hydrogens (tertiary/aromatic N) is 1. The van der Waals surface area contributed by atoms with Crippen LogP contribution < -0.4 is 10.1 Å². The standard InChI is InChI=1S/C21H24N2O3/c1-4-14-26-19-11-8-16(9-12-19)10-13-20(24)22-18-7-5-6-17(15-18)21(25)23(2)3/h5-13,15H,4,14H2,1-3H3,(H,22,24)/b13-10+. The second-order valence-corrected chi connectivity index (χ2v) is 6.02. The monoisotopic (exact) mass is 352 g/mol. The zero-order valence-corrected chi connectivity index (χ0v) is 15.4. The number of rotatable bonds is 7. The minimum Gasteiger partial charge on any atom is -0.494 e. The Bertz CT molecular complexity index is 780. The van der Waals surface area contributed by atoms with Crippen molar-refractivity contribution < 1.29 is 14.3 Å². The van der Waals surface area contributed by atoms with Gasteiger partial charge in [-0.2, -0.15) is 0 Å². The average molecular weight is 352 g/mol. The predicted octanol–water partition coefficient (Wildman–Crippen LogP) is 3.83. The number of benzene rings is 2. The highest BCUT2D eigenvalue weighted by Crippen LogP contribution is 2.14. The van der Waals surface area contributed by atoms with E-state index in [1.165, 1.54) is 11.0 Å². The second kappa shape index (κ2) is 9.42. The van der Waals surface area contributed by atoms with Gasteiger partial charge in [-0.3, -0.25) is 9.59 Å². The molecule has 0 aromatic heterocycles. The smallest absolute Gasteiger partial charge is 0.253 e. The van der Waals surface area contributed by atoms with Crippen molar-refractivity contribution in [3.63, 3.8) is 0 Å². The summed E-state index contributed by atoms with van der Waals surface area (Å²) in [6.07, 6.45) is 4.15. The van der Waals surface area contributed by atoms with Crippen LogP contribution in [0.5, 0.6) is 5.75 Å². The van der Waals surface area contributed by atoms with Gasteiger partial charge < -0.3 is 15.0 Å². The number of carbonyl (C=O) groups is 2. The molecule has 26 heavy (non-hydrogen) atoms. The van der Waals surface area contributed by atoms with Crippen LogP contribution in [0.15, 0.2) is 54.6 Å². The summed E-state index contributed by atoms with van der Waals surface area (Å²) in [4.78, 5) is 25.6. The fourth-order valence-electron chi connectivity index (χ4n) is 2.24. The van der Waals surface area contributed by atoms with Crippen molar-refractivity contribution in [3.8, 4) is 5.75 Å². The number of nitrogens with one attached hydrogen (secondary N) is 1. The largest absolute Gasteiger partial charge is 0.494 e. The molecule has 0 atom stereocenters. The first kappa shape index (κ1) is 19.2. The Labute approximate surface area is 154 Å². The van der Waals surface area contributed by atoms with Crippen LogP contribution in [-0.2, 0) is 4.79 Å². The number of ether oxygens (including phenoxy) is 1. The molecule has 5 nitrogen and oxygen atoms in total. The molecule has 0 aliphatic carbocycles. The molecular weight excluding hydrogens is 328 g/mol. The molecule has 0 unspecified atom stereocenters. The summed E-state index contributed by atoms with van der Waals surface area (Å²) < 4.78 is 5.53. The third-order valence-electron chi connectivity index (χ3n) is 3.56. The Hall–Kier alpha value is -3.08. The number of hydrogen-bond donors (Lipinski definition) is 1. The molecule has 2 rings (SSSR count). The number of anilines is 1. The molecule has 2 aromatic rings. The zero-order valence-electron chi connectivity index (χ0n) is 15.4. The highest BCUT2D eigenvalue weighted by Gasteiger charge is 2.08. The highest BCUT2D eigenvalue weighted by molar-refractivity contribution is 6.03. The number of carbonyl (C=O) groups excluding carboxylic acids is 2. The van der Waals surface area contributed by atoms with Gasteiger partial charge in [0.15, 0.2) is 0 Å². The molecule has 0 aliphatic rings. The number of amides is 2. The summed E-state index contributed by atoms with van der Waals surface area (Å²) in [6, 6.07) is 14.4. The first-order chi connectivity index (χ1) is 12.5. The van der Waals surface area contributed by atoms with Crippen molar-refractivity contribution in [2.24, 2.45) is 0 Å². The summed E-state index contributed by atoms with van der Waals surface area (Å²) in [5.41, 5.74) is 2.01. The van der Waals surface area contributed by atoms with Gasteiger partial charge in [-0.15, -0.1) is 0 Å². The Morgan fingerprint density at radius 2 is 1.85 bits per heavy atom. The lowest BCUT2D eigenvalue weighted by Gasteiger charge is -2.11. The fourth-order valence-corrected chi connectivity index (χ4v) is 2.24. The van der Waals surface area contributed by atoms with E-state index in [9.17, 15) is 9.59 Å². The first-order valence-electron chi connectivity index (χ1n) is 8.53. The topological polar surface area (TPSA) is 58.6 Å². The van der Waals surface area contributed by atoms with E-state index < -0.39 is 0 Å². The van der Waals surface area contributed by atoms with Crippen LogP contribution in [0.3, 0.4) is 0 Å². The normalized spacial score (nSPS) is 10.6. The summed E-state index contributed by atoms with van der Waals surface area (Å²) in [5.74, 6) is 0.448. The van der Waals surface area contributed by atoms with Crippen LogP contribution in [0, 0.1) is 0 Å². The van der Waals surface area contributed by atoms with Gasteiger partial charge in [0.05, 0.1) is 6.61 Å². The first-order valence-corrected chi connectivity index (χ1v) is 8.53. The van der Waals surface area contributed by atoms with Crippen molar-refractivity contribution >= 4 is 23.6 Å². The van der Waals surface area contributed by atoms with E-state index in [-0.39, 0.29) is 11.8 Å². The van der Waals surface area contributed by atoms with E-state index >= 15 is 0 Å². The van der Waals surface area contributed by atoms with Crippen LogP contribution in [-0.4, -0.2) is 37.4 Å². The van der Waals surface area contributed by atoms with Crippen LogP contribution in [0.4, 0.5) is 5.69 Å². The Morgan fingerprint density at radius 3 is 2.50 bits per heavy atom. The second-order valence-electron chi connectivity index (χ2n) is 6.02. The molecule has 0 radical (unpaired) electrons. The maximum absolute atomic E-state index is 12.1. The summed E-state index contributed by atoms with van der Waals surface area (Å²) >= 11 is 0. The Kier molecular flexibility index (Phi) is 6.97. The maximum Gasteiger partial charge on any atom is 0.253 e. The fraction of sp³-hybridized carbons (Fsp3) is 0.238. The third kappa shape index (κ3) is 5.77. The van der Waals surface area contributed by atoms with Crippen molar-refractivity contribution in [1.29, 1.82) is 0 Å². The lowest BCUT2D eigenvalue weighted by molar-refractivity contribution is -0.111. The molecule has 0 fully saturated rings. The molecule has 0 saturated carbocycles. The quantitative estimate of drug-likeness (QED) is 0.771. The minimum absolute atomic E-state index is 0.109. The van der Waals surface area contributed by atoms with Crippen LogP contribution in [0.25, 0.3) is 6.08 Å². The van der Waals surface area contributed by atoms with E-state index in [1.54, 1.807) is 44.4 Å². The average Bonchev–Trinajstić information content (AvgIpc) is 2.65. The van der Waals surface area contributed by atoms with Gasteiger partial charge in [0, 0.05) is 31.4 Å². The Balaban J connectivity index is 1.97. The van der Waals surface area contributed by atoms with Crippen LogP contribution in [0.2, 0.25) is 0 Å². The van der Waals surface area contributed by atoms with Gasteiger partial charge >= 0.3 is 0 Å².